The zero-order chi connectivity index (χ0) is 54.5. The summed E-state index contributed by atoms with van der Waals surface area (Å²) in [6.07, 6.45) is 61.7. The van der Waals surface area contributed by atoms with Crippen LogP contribution in [0.3, 0.4) is 0 Å². The molecule has 0 radical (unpaired) electrons. The Morgan fingerprint density at radius 3 is 1.16 bits per heavy atom. The van der Waals surface area contributed by atoms with Gasteiger partial charge in [-0.3, -0.25) is 4.79 Å². The molecule has 0 bridgehead atoms. The second-order valence-electron chi connectivity index (χ2n) is 22.7. The summed E-state index contributed by atoms with van der Waals surface area (Å²) in [6.45, 7) is 3.60. The van der Waals surface area contributed by atoms with Crippen molar-refractivity contribution in [2.75, 3.05) is 13.2 Å². The highest BCUT2D eigenvalue weighted by Gasteiger charge is 2.44. The number of amides is 1. The number of hydrogen-bond donors (Lipinski definition) is 7. The van der Waals surface area contributed by atoms with E-state index >= 15 is 0 Å². The van der Waals surface area contributed by atoms with E-state index in [1.807, 2.05) is 6.08 Å². The molecule has 0 saturated carbocycles. The van der Waals surface area contributed by atoms with E-state index in [-0.39, 0.29) is 6.61 Å². The standard InChI is InChI=1S/C65H123NO9/c1-3-5-7-9-11-13-15-17-18-19-20-21-22-23-24-25-26-27-28-29-30-31-32-33-34-35-36-37-38-39-40-41-42-44-46-48-50-52-54-59(69)64(73)66-57(56-74-65-63(72)62(71)61(70)60(55-67)75-65)58(68)53-51-49-47-45-43-16-14-12-10-8-6-4-2/h29-30,43,45,51,53,57-63,65,67-72H,3-28,31-42,44,46-50,52,54-56H2,1-2H3,(H,66,73)/b30-29-,45-43+,53-51+. The average Bonchev–Trinajstić information content (AvgIpc) is 3.41. The number of unbranched alkanes of at least 4 members (excludes halogenated alkanes) is 41. The Hall–Kier alpha value is -1.63. The number of aliphatic hydroxyl groups is 6. The van der Waals surface area contributed by atoms with Crippen molar-refractivity contribution >= 4 is 5.91 Å². The summed E-state index contributed by atoms with van der Waals surface area (Å²) in [5, 5.41) is 64.9. The molecule has 1 aliphatic rings. The van der Waals surface area contributed by atoms with Crippen molar-refractivity contribution in [2.24, 2.45) is 0 Å². The van der Waals surface area contributed by atoms with Crippen molar-refractivity contribution in [1.82, 2.24) is 5.32 Å². The van der Waals surface area contributed by atoms with Crippen LogP contribution in [0.2, 0.25) is 0 Å². The van der Waals surface area contributed by atoms with Gasteiger partial charge in [0.1, 0.15) is 30.5 Å². The molecule has 1 heterocycles. The SMILES string of the molecule is CCCCCCCC/C=C/CC/C=C/C(O)C(COC1OC(CO)C(O)C(O)C1O)NC(=O)C(O)CCCCCCCCCCCCCCCCCC/C=C\CCCCCCCCCCCCCCCCCCCC. The van der Waals surface area contributed by atoms with Crippen LogP contribution in [0.1, 0.15) is 309 Å². The van der Waals surface area contributed by atoms with Gasteiger partial charge in [-0.2, -0.15) is 0 Å². The van der Waals surface area contributed by atoms with E-state index in [4.69, 9.17) is 9.47 Å². The van der Waals surface area contributed by atoms with E-state index in [2.05, 4.69) is 43.5 Å². The number of ether oxygens (including phenoxy) is 2. The third-order valence-electron chi connectivity index (χ3n) is 15.5. The van der Waals surface area contributed by atoms with Crippen molar-refractivity contribution in [3.63, 3.8) is 0 Å². The van der Waals surface area contributed by atoms with Crippen LogP contribution < -0.4 is 5.32 Å². The summed E-state index contributed by atoms with van der Waals surface area (Å²) < 4.78 is 11.2. The van der Waals surface area contributed by atoms with Gasteiger partial charge < -0.3 is 45.4 Å². The highest BCUT2D eigenvalue weighted by atomic mass is 16.7. The van der Waals surface area contributed by atoms with Crippen LogP contribution in [0.5, 0.6) is 0 Å². The number of carbonyl (C=O) groups excluding carboxylic acids is 1. The lowest BCUT2D eigenvalue weighted by Crippen LogP contribution is -2.60. The molecule has 1 rings (SSSR count). The molecular formula is C65H123NO9. The van der Waals surface area contributed by atoms with Crippen molar-refractivity contribution < 1.29 is 44.9 Å². The molecule has 10 nitrogen and oxygen atoms in total. The van der Waals surface area contributed by atoms with Gasteiger partial charge >= 0.3 is 0 Å². The molecular weight excluding hydrogens is 939 g/mol. The minimum Gasteiger partial charge on any atom is -0.394 e. The Bertz CT molecular complexity index is 1290. The fraction of sp³-hybridized carbons (Fsp3) is 0.892. The van der Waals surface area contributed by atoms with Crippen LogP contribution >= 0.6 is 0 Å². The van der Waals surface area contributed by atoms with Crippen LogP contribution in [0.4, 0.5) is 0 Å². The zero-order valence-corrected chi connectivity index (χ0v) is 48.9. The quantitative estimate of drug-likeness (QED) is 0.0232. The normalized spacial score (nSPS) is 19.5. The van der Waals surface area contributed by atoms with Crippen molar-refractivity contribution in [1.29, 1.82) is 0 Å². The smallest absolute Gasteiger partial charge is 0.249 e. The summed E-state index contributed by atoms with van der Waals surface area (Å²) in [5.41, 5.74) is 0. The Morgan fingerprint density at radius 1 is 0.453 bits per heavy atom. The molecule has 1 saturated heterocycles. The number of aliphatic hydroxyl groups excluding tert-OH is 6. The Balaban J connectivity index is 2.06. The van der Waals surface area contributed by atoms with Crippen molar-refractivity contribution in [2.45, 2.75) is 358 Å². The molecule has 442 valence electrons. The van der Waals surface area contributed by atoms with Gasteiger partial charge in [-0.25, -0.2) is 0 Å². The van der Waals surface area contributed by atoms with E-state index in [0.717, 1.165) is 32.1 Å². The van der Waals surface area contributed by atoms with Gasteiger partial charge in [0.15, 0.2) is 6.29 Å². The predicted molar refractivity (Wildman–Crippen MR) is 315 cm³/mol. The molecule has 8 atom stereocenters. The van der Waals surface area contributed by atoms with Crippen LogP contribution in [0, 0.1) is 0 Å². The first-order valence-electron chi connectivity index (χ1n) is 32.3. The summed E-state index contributed by atoms with van der Waals surface area (Å²) in [5.74, 6) is -0.623. The lowest BCUT2D eigenvalue weighted by molar-refractivity contribution is -0.302. The molecule has 0 aromatic heterocycles. The largest absolute Gasteiger partial charge is 0.394 e. The lowest BCUT2D eigenvalue weighted by atomic mass is 9.99. The van der Waals surface area contributed by atoms with E-state index in [1.54, 1.807) is 6.08 Å². The van der Waals surface area contributed by atoms with Gasteiger partial charge in [-0.05, 0) is 57.8 Å². The maximum atomic E-state index is 13.1. The molecule has 75 heavy (non-hydrogen) atoms. The molecule has 0 aromatic carbocycles. The maximum Gasteiger partial charge on any atom is 0.249 e. The van der Waals surface area contributed by atoms with Gasteiger partial charge in [0.05, 0.1) is 25.4 Å². The Labute approximate surface area is 462 Å². The first-order chi connectivity index (χ1) is 36.8. The number of allylic oxidation sites excluding steroid dienone is 5. The second-order valence-corrected chi connectivity index (χ2v) is 22.7. The van der Waals surface area contributed by atoms with Crippen LogP contribution in [-0.2, 0) is 14.3 Å². The van der Waals surface area contributed by atoms with Crippen LogP contribution in [0.25, 0.3) is 0 Å². The monoisotopic (exact) mass is 1060 g/mol. The molecule has 1 aliphatic heterocycles. The number of rotatable bonds is 56. The Kier molecular flexibility index (Phi) is 51.7. The topological polar surface area (TPSA) is 169 Å². The highest BCUT2D eigenvalue weighted by molar-refractivity contribution is 5.80. The molecule has 7 N–H and O–H groups in total. The first-order valence-corrected chi connectivity index (χ1v) is 32.3. The van der Waals surface area contributed by atoms with Crippen LogP contribution in [0.15, 0.2) is 36.5 Å². The number of hydrogen-bond acceptors (Lipinski definition) is 9. The van der Waals surface area contributed by atoms with Crippen LogP contribution in [-0.4, -0.2) is 98.7 Å². The van der Waals surface area contributed by atoms with Gasteiger partial charge in [0, 0.05) is 0 Å². The summed E-state index contributed by atoms with van der Waals surface area (Å²) in [7, 11) is 0. The van der Waals surface area contributed by atoms with Crippen molar-refractivity contribution in [3.05, 3.63) is 36.5 Å². The third kappa shape index (κ3) is 42.9. The van der Waals surface area contributed by atoms with E-state index < -0.39 is 61.5 Å². The maximum absolute atomic E-state index is 13.1. The van der Waals surface area contributed by atoms with Gasteiger partial charge in [0.25, 0.3) is 0 Å². The first kappa shape index (κ1) is 71.4. The highest BCUT2D eigenvalue weighted by Crippen LogP contribution is 2.23. The van der Waals surface area contributed by atoms with E-state index in [1.165, 1.54) is 244 Å². The molecule has 1 amide bonds. The van der Waals surface area contributed by atoms with Gasteiger partial charge in [0.2, 0.25) is 5.91 Å². The second kappa shape index (κ2) is 54.3. The predicted octanol–water partition coefficient (Wildman–Crippen LogP) is 15.7. The minimum atomic E-state index is -1.62. The minimum absolute atomic E-state index is 0.306. The molecule has 0 spiro atoms. The fourth-order valence-electron chi connectivity index (χ4n) is 10.4. The molecule has 1 fully saturated rings. The van der Waals surface area contributed by atoms with Crippen molar-refractivity contribution in [3.8, 4) is 0 Å². The molecule has 10 heteroatoms. The van der Waals surface area contributed by atoms with E-state index in [0.29, 0.717) is 19.3 Å². The average molecular weight is 1060 g/mol. The third-order valence-corrected chi connectivity index (χ3v) is 15.5. The zero-order valence-electron chi connectivity index (χ0n) is 48.9. The van der Waals surface area contributed by atoms with Gasteiger partial charge in [-0.15, -0.1) is 0 Å². The molecule has 0 aliphatic carbocycles. The molecule has 0 aromatic rings. The number of nitrogens with one attached hydrogen (secondary N) is 1. The summed E-state index contributed by atoms with van der Waals surface area (Å²) in [4.78, 5) is 13.1. The van der Waals surface area contributed by atoms with Gasteiger partial charge in [-0.1, -0.05) is 288 Å². The summed E-state index contributed by atoms with van der Waals surface area (Å²) in [6, 6.07) is -0.996. The number of carbonyl (C=O) groups is 1. The summed E-state index contributed by atoms with van der Waals surface area (Å²) >= 11 is 0. The van der Waals surface area contributed by atoms with E-state index in [9.17, 15) is 35.4 Å². The lowest BCUT2D eigenvalue weighted by Gasteiger charge is -2.40. The Morgan fingerprint density at radius 2 is 0.787 bits per heavy atom. The fourth-order valence-corrected chi connectivity index (χ4v) is 10.4. The molecule has 8 unspecified atom stereocenters.